The first-order chi connectivity index (χ1) is 13.8. The second-order valence-electron chi connectivity index (χ2n) is 7.14. The van der Waals surface area contributed by atoms with Crippen LogP contribution in [0.2, 0.25) is 0 Å². The van der Waals surface area contributed by atoms with Gasteiger partial charge < -0.3 is 9.80 Å². The fourth-order valence-electron chi connectivity index (χ4n) is 3.62. The van der Waals surface area contributed by atoms with E-state index < -0.39 is 4.92 Å². The van der Waals surface area contributed by atoms with Crippen LogP contribution in [-0.4, -0.2) is 51.9 Å². The molecule has 29 heavy (non-hydrogen) atoms. The molecule has 4 rings (SSSR count). The molecule has 1 amide bonds. The molecule has 0 bridgehead atoms. The number of rotatable bonds is 3. The van der Waals surface area contributed by atoms with E-state index in [1.807, 2.05) is 6.92 Å². The Morgan fingerprint density at radius 2 is 1.86 bits per heavy atom. The van der Waals surface area contributed by atoms with Crippen LogP contribution in [0.15, 0.2) is 24.3 Å². The molecule has 1 aliphatic heterocycles. The maximum atomic E-state index is 12.8. The Hall–Kier alpha value is -3.07. The zero-order valence-corrected chi connectivity index (χ0v) is 17.3. The van der Waals surface area contributed by atoms with E-state index in [-0.39, 0.29) is 11.6 Å². The molecule has 0 unspecified atom stereocenters. The summed E-state index contributed by atoms with van der Waals surface area (Å²) in [6.45, 7) is 8.47. The van der Waals surface area contributed by atoms with Crippen LogP contribution >= 0.6 is 11.3 Å². The van der Waals surface area contributed by atoms with Crippen molar-refractivity contribution in [1.29, 1.82) is 0 Å². The third-order valence-corrected chi connectivity index (χ3v) is 6.39. The van der Waals surface area contributed by atoms with Gasteiger partial charge in [-0.25, -0.2) is 9.97 Å². The molecule has 0 atom stereocenters. The van der Waals surface area contributed by atoms with Crippen molar-refractivity contribution < 1.29 is 9.72 Å². The zero-order valence-electron chi connectivity index (χ0n) is 16.5. The lowest BCUT2D eigenvalue weighted by Gasteiger charge is -2.35. The molecule has 1 fully saturated rings. The Bertz CT molecular complexity index is 1120. The van der Waals surface area contributed by atoms with Gasteiger partial charge in [0.1, 0.15) is 16.5 Å². The normalized spacial score (nSPS) is 14.4. The molecule has 3 aromatic rings. The summed E-state index contributed by atoms with van der Waals surface area (Å²) in [7, 11) is 0. The summed E-state index contributed by atoms with van der Waals surface area (Å²) in [5, 5.41) is 12.1. The number of nitro groups is 1. The highest BCUT2D eigenvalue weighted by atomic mass is 32.1. The van der Waals surface area contributed by atoms with Crippen LogP contribution in [-0.2, 0) is 0 Å². The van der Waals surface area contributed by atoms with Crippen LogP contribution in [0.5, 0.6) is 0 Å². The summed E-state index contributed by atoms with van der Waals surface area (Å²) in [6.07, 6.45) is 0. The van der Waals surface area contributed by atoms with Gasteiger partial charge in [0.05, 0.1) is 10.3 Å². The van der Waals surface area contributed by atoms with Gasteiger partial charge in [0.2, 0.25) is 0 Å². The molecule has 0 spiro atoms. The minimum atomic E-state index is -0.484. The summed E-state index contributed by atoms with van der Waals surface area (Å²) in [5.74, 6) is 1.49. The molecular formula is C20H21N5O3S. The van der Waals surface area contributed by atoms with E-state index in [1.165, 1.54) is 22.6 Å². The van der Waals surface area contributed by atoms with Crippen molar-refractivity contribution in [2.45, 2.75) is 20.8 Å². The van der Waals surface area contributed by atoms with Gasteiger partial charge in [-0.1, -0.05) is 6.07 Å². The second-order valence-corrected chi connectivity index (χ2v) is 8.35. The molecular weight excluding hydrogens is 390 g/mol. The van der Waals surface area contributed by atoms with E-state index in [2.05, 4.69) is 23.7 Å². The summed E-state index contributed by atoms with van der Waals surface area (Å²) in [5.41, 5.74) is 1.48. The lowest BCUT2D eigenvalue weighted by molar-refractivity contribution is -0.384. The lowest BCUT2D eigenvalue weighted by atomic mass is 10.1. The highest BCUT2D eigenvalue weighted by Crippen LogP contribution is 2.35. The topological polar surface area (TPSA) is 92.5 Å². The van der Waals surface area contributed by atoms with Gasteiger partial charge >= 0.3 is 0 Å². The van der Waals surface area contributed by atoms with Crippen LogP contribution in [0.3, 0.4) is 0 Å². The van der Waals surface area contributed by atoms with Gasteiger partial charge in [0.15, 0.2) is 0 Å². The molecule has 8 nitrogen and oxygen atoms in total. The highest BCUT2D eigenvalue weighted by molar-refractivity contribution is 7.18. The van der Waals surface area contributed by atoms with Gasteiger partial charge in [-0.2, -0.15) is 0 Å². The van der Waals surface area contributed by atoms with Gasteiger partial charge in [0.25, 0.3) is 11.6 Å². The van der Waals surface area contributed by atoms with Crippen molar-refractivity contribution in [2.24, 2.45) is 0 Å². The summed E-state index contributed by atoms with van der Waals surface area (Å²) >= 11 is 1.68. The van der Waals surface area contributed by atoms with Crippen LogP contribution in [0, 0.1) is 30.9 Å². The van der Waals surface area contributed by atoms with Crippen LogP contribution in [0.1, 0.15) is 26.6 Å². The summed E-state index contributed by atoms with van der Waals surface area (Å²) < 4.78 is 0. The van der Waals surface area contributed by atoms with E-state index in [9.17, 15) is 14.9 Å². The average molecular weight is 411 g/mol. The number of hydrogen-bond donors (Lipinski definition) is 0. The van der Waals surface area contributed by atoms with Crippen LogP contribution in [0.4, 0.5) is 11.5 Å². The smallest absolute Gasteiger partial charge is 0.270 e. The molecule has 1 aliphatic rings. The molecule has 1 saturated heterocycles. The molecule has 0 radical (unpaired) electrons. The number of non-ortho nitro benzene ring substituents is 1. The van der Waals surface area contributed by atoms with Crippen molar-refractivity contribution >= 4 is 39.0 Å². The minimum Gasteiger partial charge on any atom is -0.352 e. The monoisotopic (exact) mass is 411 g/mol. The van der Waals surface area contributed by atoms with Crippen molar-refractivity contribution in [3.63, 3.8) is 0 Å². The molecule has 0 aliphatic carbocycles. The van der Waals surface area contributed by atoms with E-state index >= 15 is 0 Å². The number of piperazine rings is 1. The van der Waals surface area contributed by atoms with Crippen molar-refractivity contribution in [3.05, 3.63) is 56.2 Å². The number of fused-ring (bicyclic) bond motifs is 1. The molecule has 150 valence electrons. The Morgan fingerprint density at radius 3 is 2.55 bits per heavy atom. The number of carbonyl (C=O) groups excluding carboxylic acids is 1. The maximum absolute atomic E-state index is 12.8. The number of benzene rings is 1. The SMILES string of the molecule is Cc1nc(N2CCN(C(=O)c3cccc([N+](=O)[O-])c3)CC2)c2c(C)c(C)sc2n1. The Labute approximate surface area is 171 Å². The average Bonchev–Trinajstić information content (AvgIpc) is 3.00. The number of anilines is 1. The Balaban J connectivity index is 1.54. The number of amides is 1. The largest absolute Gasteiger partial charge is 0.352 e. The first-order valence-corrected chi connectivity index (χ1v) is 10.2. The first kappa shape index (κ1) is 19.3. The number of nitro benzene ring substituents is 1. The molecule has 1 aromatic carbocycles. The fraction of sp³-hybridized carbons (Fsp3) is 0.350. The van der Waals surface area contributed by atoms with E-state index in [0.717, 1.165) is 21.9 Å². The standard InChI is InChI=1S/C20H21N5O3S/c1-12-13(2)29-19-17(12)18(21-14(3)22-19)23-7-9-24(10-8-23)20(26)15-5-4-6-16(11-15)25(27)28/h4-6,11H,7-10H2,1-3H3. The lowest BCUT2D eigenvalue weighted by Crippen LogP contribution is -2.49. The van der Waals surface area contributed by atoms with E-state index in [4.69, 9.17) is 4.98 Å². The number of thiophene rings is 1. The minimum absolute atomic E-state index is 0.0726. The number of aromatic nitrogens is 2. The van der Waals surface area contributed by atoms with Gasteiger partial charge in [-0.15, -0.1) is 11.3 Å². The van der Waals surface area contributed by atoms with Crippen LogP contribution < -0.4 is 4.90 Å². The second kappa shape index (κ2) is 7.40. The number of nitrogens with zero attached hydrogens (tertiary/aromatic N) is 5. The zero-order chi connectivity index (χ0) is 20.7. The van der Waals surface area contributed by atoms with Crippen molar-refractivity contribution in [1.82, 2.24) is 14.9 Å². The van der Waals surface area contributed by atoms with Gasteiger partial charge in [0, 0.05) is 48.8 Å². The predicted octanol–water partition coefficient (Wildman–Crippen LogP) is 3.49. The molecule has 2 aromatic heterocycles. The highest BCUT2D eigenvalue weighted by Gasteiger charge is 2.26. The number of aryl methyl sites for hydroxylation is 3. The molecule has 3 heterocycles. The number of hydrogen-bond acceptors (Lipinski definition) is 7. The quantitative estimate of drug-likeness (QED) is 0.484. The Kier molecular flexibility index (Phi) is 4.91. The Morgan fingerprint density at radius 1 is 1.14 bits per heavy atom. The fourth-order valence-corrected chi connectivity index (χ4v) is 4.69. The van der Waals surface area contributed by atoms with Crippen LogP contribution in [0.25, 0.3) is 10.2 Å². The van der Waals surface area contributed by atoms with Crippen molar-refractivity contribution in [2.75, 3.05) is 31.1 Å². The molecule has 0 N–H and O–H groups in total. The van der Waals surface area contributed by atoms with Gasteiger partial charge in [-0.05, 0) is 32.4 Å². The maximum Gasteiger partial charge on any atom is 0.270 e. The summed E-state index contributed by atoms with van der Waals surface area (Å²) in [4.78, 5) is 38.8. The van der Waals surface area contributed by atoms with Crippen molar-refractivity contribution in [3.8, 4) is 0 Å². The van der Waals surface area contributed by atoms with Gasteiger partial charge in [-0.3, -0.25) is 14.9 Å². The molecule has 0 saturated carbocycles. The molecule has 9 heteroatoms. The third-order valence-electron chi connectivity index (χ3n) is 5.29. The number of carbonyl (C=O) groups is 1. The van der Waals surface area contributed by atoms with E-state index in [1.54, 1.807) is 28.4 Å². The summed E-state index contributed by atoms with van der Waals surface area (Å²) in [6, 6.07) is 5.90. The van der Waals surface area contributed by atoms with E-state index in [0.29, 0.717) is 31.7 Å². The first-order valence-electron chi connectivity index (χ1n) is 9.38. The predicted molar refractivity (Wildman–Crippen MR) is 113 cm³/mol. The third kappa shape index (κ3) is 3.53.